The summed E-state index contributed by atoms with van der Waals surface area (Å²) in [6.45, 7) is 7.78. The Bertz CT molecular complexity index is 633. The maximum absolute atomic E-state index is 5.02. The third kappa shape index (κ3) is 4.29. The summed E-state index contributed by atoms with van der Waals surface area (Å²) in [5.74, 6) is 0.540. The molecule has 2 heteroatoms. The smallest absolute Gasteiger partial charge is 0.0720 e. The highest BCUT2D eigenvalue weighted by molar-refractivity contribution is 5.87. The van der Waals surface area contributed by atoms with Gasteiger partial charge in [-0.05, 0) is 24.5 Å². The summed E-state index contributed by atoms with van der Waals surface area (Å²) in [5, 5.41) is 0. The van der Waals surface area contributed by atoms with Crippen LogP contribution in [0, 0.1) is 5.92 Å². The van der Waals surface area contributed by atoms with Crippen molar-refractivity contribution in [2.24, 2.45) is 10.9 Å². The van der Waals surface area contributed by atoms with Crippen LogP contribution in [-0.4, -0.2) is 23.7 Å². The average molecular weight is 306 g/mol. The third-order valence-corrected chi connectivity index (χ3v) is 4.68. The summed E-state index contributed by atoms with van der Waals surface area (Å²) in [4.78, 5) is 7.57. The Balaban J connectivity index is 1.61. The lowest BCUT2D eigenvalue weighted by Crippen LogP contribution is -2.39. The van der Waals surface area contributed by atoms with Gasteiger partial charge in [0.25, 0.3) is 0 Å². The lowest BCUT2D eigenvalue weighted by atomic mass is 9.96. The lowest BCUT2D eigenvalue weighted by Gasteiger charge is -2.32. The molecule has 0 bridgehead atoms. The van der Waals surface area contributed by atoms with Crippen LogP contribution in [0.1, 0.15) is 37.4 Å². The highest BCUT2D eigenvalue weighted by Gasteiger charge is 2.22. The number of aliphatic imine (C=N–C) groups is 1. The first kappa shape index (κ1) is 15.9. The number of hydrogen-bond donors (Lipinski definition) is 0. The van der Waals surface area contributed by atoms with Gasteiger partial charge in [0.05, 0.1) is 6.04 Å². The van der Waals surface area contributed by atoms with Crippen molar-refractivity contribution in [2.45, 2.75) is 32.9 Å². The van der Waals surface area contributed by atoms with Crippen LogP contribution in [0.15, 0.2) is 65.7 Å². The zero-order valence-corrected chi connectivity index (χ0v) is 14.2. The number of hydrogen-bond acceptors (Lipinski definition) is 2. The van der Waals surface area contributed by atoms with Crippen LogP contribution in [-0.2, 0) is 6.54 Å². The average Bonchev–Trinajstić information content (AvgIpc) is 2.59. The Labute approximate surface area is 139 Å². The molecule has 2 aromatic carbocycles. The van der Waals surface area contributed by atoms with Crippen LogP contribution in [0.2, 0.25) is 0 Å². The highest BCUT2D eigenvalue weighted by atomic mass is 15.1. The van der Waals surface area contributed by atoms with Gasteiger partial charge in [-0.25, -0.2) is 0 Å². The molecule has 0 N–H and O–H groups in total. The van der Waals surface area contributed by atoms with E-state index in [0.717, 1.165) is 26.1 Å². The molecule has 2 aromatic rings. The van der Waals surface area contributed by atoms with Crippen LogP contribution in [0.3, 0.4) is 0 Å². The molecular formula is C21H26N2. The Morgan fingerprint density at radius 1 is 1.04 bits per heavy atom. The fourth-order valence-corrected chi connectivity index (χ4v) is 3.33. The van der Waals surface area contributed by atoms with Gasteiger partial charge in [0.15, 0.2) is 0 Å². The summed E-state index contributed by atoms with van der Waals surface area (Å²) < 4.78 is 0. The first-order valence-electron chi connectivity index (χ1n) is 8.60. The molecule has 0 aliphatic carbocycles. The monoisotopic (exact) mass is 306 g/mol. The minimum absolute atomic E-state index is 0.259. The van der Waals surface area contributed by atoms with Crippen molar-refractivity contribution >= 4 is 5.71 Å². The van der Waals surface area contributed by atoms with E-state index in [2.05, 4.69) is 79.4 Å². The fraction of sp³-hybridized carbons (Fsp3) is 0.381. The van der Waals surface area contributed by atoms with E-state index in [9.17, 15) is 0 Å². The first-order chi connectivity index (χ1) is 11.2. The second kappa shape index (κ2) is 7.56. The molecule has 120 valence electrons. The Hall–Kier alpha value is -1.93. The molecule has 1 aliphatic heterocycles. The van der Waals surface area contributed by atoms with E-state index < -0.39 is 0 Å². The molecule has 1 aliphatic rings. The van der Waals surface area contributed by atoms with Crippen LogP contribution < -0.4 is 0 Å². The number of benzene rings is 2. The highest BCUT2D eigenvalue weighted by Crippen LogP contribution is 2.22. The van der Waals surface area contributed by atoms with Crippen molar-refractivity contribution in [2.75, 3.05) is 13.1 Å². The minimum Gasteiger partial charge on any atom is -0.298 e. The maximum atomic E-state index is 5.02. The van der Waals surface area contributed by atoms with E-state index in [1.54, 1.807) is 0 Å². The zero-order valence-electron chi connectivity index (χ0n) is 14.2. The summed E-state index contributed by atoms with van der Waals surface area (Å²) in [7, 11) is 0. The minimum atomic E-state index is 0.259. The Morgan fingerprint density at radius 3 is 2.35 bits per heavy atom. The summed E-state index contributed by atoms with van der Waals surface area (Å²) in [5.41, 5.74) is 4.09. The molecule has 2 nitrogen and oxygen atoms in total. The summed E-state index contributed by atoms with van der Waals surface area (Å²) in [6.07, 6.45) is 1.09. The van der Waals surface area contributed by atoms with Gasteiger partial charge in [0, 0.05) is 31.3 Å². The van der Waals surface area contributed by atoms with Gasteiger partial charge >= 0.3 is 0 Å². The Morgan fingerprint density at radius 2 is 1.70 bits per heavy atom. The van der Waals surface area contributed by atoms with E-state index >= 15 is 0 Å². The van der Waals surface area contributed by atoms with Gasteiger partial charge in [-0.15, -0.1) is 0 Å². The topological polar surface area (TPSA) is 15.6 Å². The van der Waals surface area contributed by atoms with Crippen molar-refractivity contribution in [3.63, 3.8) is 0 Å². The SMILES string of the molecule is CC1CN(Cc2ccccc2)CCC1=N[C@H](C)c1ccccc1. The zero-order chi connectivity index (χ0) is 16.1. The van der Waals surface area contributed by atoms with Gasteiger partial charge in [-0.1, -0.05) is 67.6 Å². The molecule has 23 heavy (non-hydrogen) atoms. The number of nitrogens with zero attached hydrogens (tertiary/aromatic N) is 2. The summed E-state index contributed by atoms with van der Waals surface area (Å²) >= 11 is 0. The van der Waals surface area contributed by atoms with E-state index in [1.807, 2.05) is 0 Å². The van der Waals surface area contributed by atoms with Gasteiger partial charge in [-0.3, -0.25) is 9.89 Å². The van der Waals surface area contributed by atoms with Gasteiger partial charge in [0.1, 0.15) is 0 Å². The maximum Gasteiger partial charge on any atom is 0.0720 e. The van der Waals surface area contributed by atoms with Crippen LogP contribution in [0.25, 0.3) is 0 Å². The standard InChI is InChI=1S/C21H26N2/c1-17-15-23(16-19-9-5-3-6-10-19)14-13-21(17)22-18(2)20-11-7-4-8-12-20/h3-12,17-18H,13-16H2,1-2H3/t17?,18-/m1/s1. The second-order valence-electron chi connectivity index (χ2n) is 6.58. The predicted molar refractivity (Wildman–Crippen MR) is 97.8 cm³/mol. The van der Waals surface area contributed by atoms with Crippen molar-refractivity contribution in [3.05, 3.63) is 71.8 Å². The molecule has 0 aromatic heterocycles. The Kier molecular flexibility index (Phi) is 5.24. The van der Waals surface area contributed by atoms with Crippen molar-refractivity contribution < 1.29 is 0 Å². The number of piperidine rings is 1. The number of likely N-dealkylation sites (tertiary alicyclic amines) is 1. The normalized spacial score (nSPS) is 22.2. The predicted octanol–water partition coefficient (Wildman–Crippen LogP) is 4.73. The van der Waals surface area contributed by atoms with Crippen LogP contribution in [0.5, 0.6) is 0 Å². The first-order valence-corrected chi connectivity index (χ1v) is 8.60. The van der Waals surface area contributed by atoms with Crippen LogP contribution in [0.4, 0.5) is 0 Å². The summed E-state index contributed by atoms with van der Waals surface area (Å²) in [6, 6.07) is 21.6. The molecule has 1 unspecified atom stereocenters. The van der Waals surface area contributed by atoms with Gasteiger partial charge in [-0.2, -0.15) is 0 Å². The van der Waals surface area contributed by atoms with E-state index in [-0.39, 0.29) is 6.04 Å². The molecule has 1 fully saturated rings. The largest absolute Gasteiger partial charge is 0.298 e. The molecule has 0 amide bonds. The molecule has 3 rings (SSSR count). The quantitative estimate of drug-likeness (QED) is 0.797. The fourth-order valence-electron chi connectivity index (χ4n) is 3.33. The van der Waals surface area contributed by atoms with Crippen LogP contribution >= 0.6 is 0 Å². The lowest BCUT2D eigenvalue weighted by molar-refractivity contribution is 0.237. The molecule has 0 radical (unpaired) electrons. The molecule has 2 atom stereocenters. The van der Waals surface area contributed by atoms with E-state index in [4.69, 9.17) is 4.99 Å². The second-order valence-corrected chi connectivity index (χ2v) is 6.58. The molecule has 0 saturated carbocycles. The molecule has 0 spiro atoms. The molecule has 1 heterocycles. The van der Waals surface area contributed by atoms with Crippen molar-refractivity contribution in [3.8, 4) is 0 Å². The molecule has 1 saturated heterocycles. The number of rotatable bonds is 4. The van der Waals surface area contributed by atoms with Crippen molar-refractivity contribution in [1.82, 2.24) is 4.90 Å². The third-order valence-electron chi connectivity index (χ3n) is 4.68. The van der Waals surface area contributed by atoms with Gasteiger partial charge in [0.2, 0.25) is 0 Å². The van der Waals surface area contributed by atoms with E-state index in [0.29, 0.717) is 5.92 Å². The van der Waals surface area contributed by atoms with Gasteiger partial charge < -0.3 is 0 Å². The van der Waals surface area contributed by atoms with Crippen molar-refractivity contribution in [1.29, 1.82) is 0 Å². The molecular weight excluding hydrogens is 280 g/mol. The van der Waals surface area contributed by atoms with E-state index in [1.165, 1.54) is 16.8 Å².